The van der Waals surface area contributed by atoms with Crippen LogP contribution in [0.4, 0.5) is 5.69 Å². The van der Waals surface area contributed by atoms with Gasteiger partial charge >= 0.3 is 5.97 Å². The van der Waals surface area contributed by atoms with Gasteiger partial charge in [0, 0.05) is 5.69 Å². The number of hydrogen-bond acceptors (Lipinski definition) is 4. The van der Waals surface area contributed by atoms with Crippen LogP contribution in [0.3, 0.4) is 0 Å². The number of aliphatic hydroxyl groups is 1. The van der Waals surface area contributed by atoms with Crippen LogP contribution in [0.25, 0.3) is 0 Å². The maximum atomic E-state index is 12.3. The third-order valence-electron chi connectivity index (χ3n) is 5.57. The van der Waals surface area contributed by atoms with Gasteiger partial charge in [0.2, 0.25) is 0 Å². The number of nitrogens with one attached hydrogen (secondary N) is 1. The number of benzene rings is 1. The third kappa shape index (κ3) is 1.81. The summed E-state index contributed by atoms with van der Waals surface area (Å²) in [5, 5.41) is 14.1. The summed E-state index contributed by atoms with van der Waals surface area (Å²) in [5.41, 5.74) is -0.0740. The summed E-state index contributed by atoms with van der Waals surface area (Å²) in [7, 11) is 0. The second kappa shape index (κ2) is 4.23. The predicted molar refractivity (Wildman–Crippen MR) is 78.7 cm³/mol. The van der Waals surface area contributed by atoms with Crippen LogP contribution in [-0.2, 0) is 9.53 Å². The molecular weight excluding hydrogens is 266 g/mol. The lowest BCUT2D eigenvalue weighted by atomic mass is 9.63. The number of esters is 1. The van der Waals surface area contributed by atoms with Crippen molar-refractivity contribution in [2.75, 3.05) is 5.32 Å². The number of rotatable bonds is 2. The highest BCUT2D eigenvalue weighted by molar-refractivity contribution is 5.80. The van der Waals surface area contributed by atoms with Gasteiger partial charge in [0.15, 0.2) is 0 Å². The first-order valence-corrected chi connectivity index (χ1v) is 7.77. The molecule has 2 aliphatic carbocycles. The average molecular weight is 287 g/mol. The number of anilines is 1. The molecule has 5 atom stereocenters. The summed E-state index contributed by atoms with van der Waals surface area (Å²) in [4.78, 5) is 12.3. The van der Waals surface area contributed by atoms with Crippen molar-refractivity contribution in [1.82, 2.24) is 0 Å². The number of carbonyl (C=O) groups excluding carboxylic acids is 1. The molecule has 2 saturated carbocycles. The lowest BCUT2D eigenvalue weighted by molar-refractivity contribution is -0.147. The van der Waals surface area contributed by atoms with Gasteiger partial charge in [-0.1, -0.05) is 18.2 Å². The second-order valence-electron chi connectivity index (χ2n) is 7.08. The molecule has 0 spiro atoms. The van der Waals surface area contributed by atoms with Gasteiger partial charge < -0.3 is 15.2 Å². The van der Waals surface area contributed by atoms with Gasteiger partial charge in [-0.15, -0.1) is 0 Å². The molecule has 0 aromatic heterocycles. The monoisotopic (exact) mass is 287 g/mol. The van der Waals surface area contributed by atoms with Crippen molar-refractivity contribution in [3.05, 3.63) is 30.3 Å². The summed E-state index contributed by atoms with van der Waals surface area (Å²) in [6, 6.07) is 10.0. The van der Waals surface area contributed by atoms with E-state index in [4.69, 9.17) is 4.74 Å². The Hall–Kier alpha value is -1.55. The van der Waals surface area contributed by atoms with Crippen LogP contribution in [0.1, 0.15) is 32.6 Å². The molecule has 1 aliphatic heterocycles. The summed E-state index contributed by atoms with van der Waals surface area (Å²) in [6.07, 6.45) is 3.05. The summed E-state index contributed by atoms with van der Waals surface area (Å²) < 4.78 is 5.66. The van der Waals surface area contributed by atoms with Crippen LogP contribution < -0.4 is 5.32 Å². The normalized spacial score (nSPS) is 44.3. The van der Waals surface area contributed by atoms with Gasteiger partial charge in [0.25, 0.3) is 0 Å². The Kier molecular flexibility index (Phi) is 2.65. The second-order valence-corrected chi connectivity index (χ2v) is 7.08. The predicted octanol–water partition coefficient (Wildman–Crippen LogP) is 2.33. The van der Waals surface area contributed by atoms with Gasteiger partial charge in [0.05, 0.1) is 17.1 Å². The number of hydrogen-bond donors (Lipinski definition) is 2. The lowest BCUT2D eigenvalue weighted by Crippen LogP contribution is -2.59. The van der Waals surface area contributed by atoms with Gasteiger partial charge in [-0.25, -0.2) is 0 Å². The standard InChI is InChI=1S/C17H21NO3/c1-16(20)9-11-7-8-14-17(11,13(10-16)15(19)21-14)18-12-5-3-2-4-6-12/h2-6,11,13-14,18,20H,7-10H2,1H3/t11-,13-,14-,16-,17+/m1/s1. The maximum Gasteiger partial charge on any atom is 0.311 e. The van der Waals surface area contributed by atoms with Gasteiger partial charge in [0.1, 0.15) is 6.10 Å². The summed E-state index contributed by atoms with van der Waals surface area (Å²) in [5.74, 6) is -0.116. The number of carbonyl (C=O) groups is 1. The first kappa shape index (κ1) is 13.1. The third-order valence-corrected chi connectivity index (χ3v) is 5.57. The van der Waals surface area contributed by atoms with Crippen LogP contribution in [0.5, 0.6) is 0 Å². The smallest absolute Gasteiger partial charge is 0.311 e. The van der Waals surface area contributed by atoms with Crippen molar-refractivity contribution in [3.8, 4) is 0 Å². The van der Waals surface area contributed by atoms with E-state index >= 15 is 0 Å². The van der Waals surface area contributed by atoms with E-state index in [1.165, 1.54) is 0 Å². The Morgan fingerprint density at radius 1 is 1.24 bits per heavy atom. The molecule has 1 heterocycles. The van der Waals surface area contributed by atoms with Crippen molar-refractivity contribution >= 4 is 11.7 Å². The number of ether oxygens (including phenoxy) is 1. The molecular formula is C17H21NO3. The highest BCUT2D eigenvalue weighted by atomic mass is 16.6. The zero-order valence-corrected chi connectivity index (χ0v) is 12.2. The zero-order valence-electron chi connectivity index (χ0n) is 12.2. The first-order chi connectivity index (χ1) is 10.0. The Balaban J connectivity index is 1.76. The topological polar surface area (TPSA) is 58.6 Å². The van der Waals surface area contributed by atoms with E-state index < -0.39 is 5.60 Å². The minimum absolute atomic E-state index is 0.0590. The molecule has 3 aliphatic rings. The Labute approximate surface area is 124 Å². The highest BCUT2D eigenvalue weighted by Crippen LogP contribution is 2.57. The van der Waals surface area contributed by atoms with Crippen LogP contribution in [-0.4, -0.2) is 28.3 Å². The molecule has 1 saturated heterocycles. The van der Waals surface area contributed by atoms with Crippen LogP contribution in [0.15, 0.2) is 30.3 Å². The number of para-hydroxylation sites is 1. The van der Waals surface area contributed by atoms with Crippen LogP contribution in [0.2, 0.25) is 0 Å². The molecule has 4 heteroatoms. The quantitative estimate of drug-likeness (QED) is 0.820. The van der Waals surface area contributed by atoms with Gasteiger partial charge in [-0.05, 0) is 50.7 Å². The van der Waals surface area contributed by atoms with E-state index in [0.717, 1.165) is 24.9 Å². The van der Waals surface area contributed by atoms with E-state index in [0.29, 0.717) is 6.42 Å². The molecule has 1 aromatic rings. The fourth-order valence-corrected chi connectivity index (χ4v) is 4.79. The molecule has 2 N–H and O–H groups in total. The van der Waals surface area contributed by atoms with Crippen molar-refractivity contribution in [2.45, 2.75) is 49.9 Å². The lowest BCUT2D eigenvalue weighted by Gasteiger charge is -2.47. The van der Waals surface area contributed by atoms with Crippen molar-refractivity contribution in [2.24, 2.45) is 11.8 Å². The van der Waals surface area contributed by atoms with Crippen molar-refractivity contribution < 1.29 is 14.6 Å². The minimum atomic E-state index is -0.768. The summed E-state index contributed by atoms with van der Waals surface area (Å²) >= 11 is 0. The molecule has 21 heavy (non-hydrogen) atoms. The van der Waals surface area contributed by atoms with Crippen molar-refractivity contribution in [3.63, 3.8) is 0 Å². The molecule has 1 aromatic carbocycles. The van der Waals surface area contributed by atoms with Crippen LogP contribution >= 0.6 is 0 Å². The Morgan fingerprint density at radius 2 is 2.00 bits per heavy atom. The van der Waals surface area contributed by atoms with E-state index in [-0.39, 0.29) is 29.4 Å². The SMILES string of the molecule is C[C@@]1(O)C[C@H]2CC[C@H]3OC(=O)[C@@H](C1)[C@@]23Nc1ccccc1. The minimum Gasteiger partial charge on any atom is -0.460 e. The van der Waals surface area contributed by atoms with E-state index in [9.17, 15) is 9.90 Å². The Morgan fingerprint density at radius 3 is 2.76 bits per heavy atom. The fourth-order valence-electron chi connectivity index (χ4n) is 4.79. The molecule has 0 amide bonds. The van der Waals surface area contributed by atoms with E-state index in [2.05, 4.69) is 5.32 Å². The molecule has 3 fully saturated rings. The first-order valence-electron chi connectivity index (χ1n) is 7.77. The molecule has 112 valence electrons. The molecule has 0 bridgehead atoms. The fraction of sp³-hybridized carbons (Fsp3) is 0.588. The van der Waals surface area contributed by atoms with Crippen molar-refractivity contribution in [1.29, 1.82) is 0 Å². The summed E-state index contributed by atoms with van der Waals surface area (Å²) in [6.45, 7) is 1.85. The zero-order chi connectivity index (χ0) is 14.7. The van der Waals surface area contributed by atoms with Gasteiger partial charge in [-0.3, -0.25) is 4.79 Å². The molecule has 0 radical (unpaired) electrons. The highest BCUT2D eigenvalue weighted by Gasteiger charge is 2.68. The molecule has 0 unspecified atom stereocenters. The van der Waals surface area contributed by atoms with Gasteiger partial charge in [-0.2, -0.15) is 0 Å². The molecule has 4 nitrogen and oxygen atoms in total. The van der Waals surface area contributed by atoms with E-state index in [1.807, 2.05) is 37.3 Å². The molecule has 4 rings (SSSR count). The largest absolute Gasteiger partial charge is 0.460 e. The van der Waals surface area contributed by atoms with Crippen LogP contribution in [0, 0.1) is 11.8 Å². The Bertz CT molecular complexity index is 571. The average Bonchev–Trinajstić information content (AvgIpc) is 2.89. The maximum absolute atomic E-state index is 12.3. The van der Waals surface area contributed by atoms with E-state index in [1.54, 1.807) is 0 Å².